The van der Waals surface area contributed by atoms with Crippen molar-refractivity contribution in [3.8, 4) is 0 Å². The average Bonchev–Trinajstić information content (AvgIpc) is 2.70. The third-order valence-corrected chi connectivity index (χ3v) is 5.75. The fourth-order valence-electron chi connectivity index (χ4n) is 3.21. The van der Waals surface area contributed by atoms with Gasteiger partial charge in [-0.2, -0.15) is 0 Å². The van der Waals surface area contributed by atoms with Gasteiger partial charge in [0.1, 0.15) is 0 Å². The molecule has 0 spiro atoms. The summed E-state index contributed by atoms with van der Waals surface area (Å²) in [4.78, 5) is 16.2. The molecule has 0 aromatic rings. The topological polar surface area (TPSA) is 70.2 Å². The third kappa shape index (κ3) is 4.41. The van der Waals surface area contributed by atoms with Crippen molar-refractivity contribution in [1.82, 2.24) is 14.1 Å². The van der Waals surface area contributed by atoms with Crippen molar-refractivity contribution in [3.63, 3.8) is 0 Å². The second-order valence-corrected chi connectivity index (χ2v) is 8.37. The van der Waals surface area contributed by atoms with Crippen LogP contribution in [0.1, 0.15) is 12.8 Å². The molecule has 7 nitrogen and oxygen atoms in total. The van der Waals surface area contributed by atoms with E-state index in [0.29, 0.717) is 25.7 Å². The van der Waals surface area contributed by atoms with Crippen LogP contribution < -0.4 is 0 Å². The Morgan fingerprint density at radius 3 is 2.32 bits per heavy atom. The Morgan fingerprint density at radius 1 is 1.14 bits per heavy atom. The number of carbonyl (C=O) groups is 1. The number of ether oxygens (including phenoxy) is 1. The molecule has 0 radical (unpaired) electrons. The van der Waals surface area contributed by atoms with Crippen molar-refractivity contribution in [1.29, 1.82) is 0 Å². The summed E-state index contributed by atoms with van der Waals surface area (Å²) >= 11 is 0. The molecule has 2 aliphatic rings. The maximum absolute atomic E-state index is 12.4. The highest BCUT2D eigenvalue weighted by molar-refractivity contribution is 7.88. The Bertz CT molecular complexity index is 488. The maximum atomic E-state index is 12.4. The Morgan fingerprint density at radius 2 is 1.77 bits per heavy atom. The molecule has 128 valence electrons. The molecule has 0 unspecified atom stereocenters. The van der Waals surface area contributed by atoms with Crippen LogP contribution in [0.4, 0.5) is 0 Å². The molecule has 22 heavy (non-hydrogen) atoms. The molecular formula is C14H27N3O4S. The molecule has 0 N–H and O–H groups in total. The van der Waals surface area contributed by atoms with Crippen molar-refractivity contribution in [2.75, 3.05) is 59.7 Å². The van der Waals surface area contributed by atoms with Gasteiger partial charge in [0.05, 0.1) is 12.2 Å². The first-order chi connectivity index (χ1) is 10.3. The summed E-state index contributed by atoms with van der Waals surface area (Å²) in [6.07, 6.45) is 3.11. The lowest BCUT2D eigenvalue weighted by molar-refractivity contribution is -0.133. The number of nitrogens with zero attached hydrogens (tertiary/aromatic N) is 3. The molecule has 0 saturated carbocycles. The zero-order valence-corrected chi connectivity index (χ0v) is 14.5. The van der Waals surface area contributed by atoms with Crippen molar-refractivity contribution in [2.45, 2.75) is 18.9 Å². The van der Waals surface area contributed by atoms with Crippen LogP contribution in [0.15, 0.2) is 0 Å². The Labute approximate surface area is 133 Å². The highest BCUT2D eigenvalue weighted by Gasteiger charge is 2.35. The maximum Gasteiger partial charge on any atom is 0.227 e. The number of sulfonamides is 1. The van der Waals surface area contributed by atoms with Gasteiger partial charge in [0, 0.05) is 59.5 Å². The molecule has 1 amide bonds. The molecule has 0 aromatic heterocycles. The van der Waals surface area contributed by atoms with E-state index >= 15 is 0 Å². The van der Waals surface area contributed by atoms with Gasteiger partial charge < -0.3 is 9.64 Å². The van der Waals surface area contributed by atoms with Gasteiger partial charge in [0.2, 0.25) is 15.9 Å². The van der Waals surface area contributed by atoms with E-state index in [1.165, 1.54) is 10.6 Å². The zero-order valence-electron chi connectivity index (χ0n) is 13.7. The van der Waals surface area contributed by atoms with E-state index in [1.54, 1.807) is 19.0 Å². The van der Waals surface area contributed by atoms with E-state index in [9.17, 15) is 13.2 Å². The minimum atomic E-state index is -3.28. The Kier molecular flexibility index (Phi) is 5.81. The Balaban J connectivity index is 2.16. The molecule has 2 heterocycles. The molecule has 2 fully saturated rings. The molecule has 0 aliphatic carbocycles. The van der Waals surface area contributed by atoms with E-state index in [4.69, 9.17) is 4.74 Å². The lowest BCUT2D eigenvalue weighted by Gasteiger charge is -2.34. The van der Waals surface area contributed by atoms with Crippen LogP contribution in [0.5, 0.6) is 0 Å². The summed E-state index contributed by atoms with van der Waals surface area (Å²) in [6.45, 7) is 3.50. The molecule has 2 aliphatic heterocycles. The second-order valence-electron chi connectivity index (χ2n) is 6.39. The summed E-state index contributed by atoms with van der Waals surface area (Å²) in [6, 6.07) is 0.380. The SMILES string of the molecule is CN(C)C(=O)[C@@H]1CN(C2CCOCC2)CCN(S(C)(=O)=O)C1. The zero-order chi connectivity index (χ0) is 16.3. The lowest BCUT2D eigenvalue weighted by Crippen LogP contribution is -2.45. The number of rotatable bonds is 3. The summed E-state index contributed by atoms with van der Waals surface area (Å²) in [5, 5.41) is 0. The van der Waals surface area contributed by atoms with Gasteiger partial charge in [-0.1, -0.05) is 0 Å². The predicted octanol–water partition coefficient (Wildman–Crippen LogP) is -0.553. The molecule has 2 rings (SSSR count). The van der Waals surface area contributed by atoms with E-state index in [1.807, 2.05) is 0 Å². The first kappa shape index (κ1) is 17.7. The van der Waals surface area contributed by atoms with Crippen LogP contribution in [0.25, 0.3) is 0 Å². The minimum Gasteiger partial charge on any atom is -0.381 e. The van der Waals surface area contributed by atoms with Gasteiger partial charge in [0.15, 0.2) is 0 Å². The molecule has 2 saturated heterocycles. The van der Waals surface area contributed by atoms with E-state index < -0.39 is 10.0 Å². The largest absolute Gasteiger partial charge is 0.381 e. The van der Waals surface area contributed by atoms with Crippen molar-refractivity contribution in [2.24, 2.45) is 5.92 Å². The van der Waals surface area contributed by atoms with Crippen molar-refractivity contribution in [3.05, 3.63) is 0 Å². The van der Waals surface area contributed by atoms with Gasteiger partial charge in [-0.05, 0) is 12.8 Å². The fourth-order valence-corrected chi connectivity index (χ4v) is 4.08. The first-order valence-corrected chi connectivity index (χ1v) is 9.62. The average molecular weight is 333 g/mol. The van der Waals surface area contributed by atoms with E-state index in [0.717, 1.165) is 26.1 Å². The third-order valence-electron chi connectivity index (χ3n) is 4.48. The quantitative estimate of drug-likeness (QED) is 0.693. The second kappa shape index (κ2) is 7.25. The highest BCUT2D eigenvalue weighted by atomic mass is 32.2. The highest BCUT2D eigenvalue weighted by Crippen LogP contribution is 2.21. The number of hydrogen-bond acceptors (Lipinski definition) is 5. The van der Waals surface area contributed by atoms with Crippen molar-refractivity contribution < 1.29 is 17.9 Å². The van der Waals surface area contributed by atoms with Crippen LogP contribution >= 0.6 is 0 Å². The van der Waals surface area contributed by atoms with Gasteiger partial charge in [-0.25, -0.2) is 12.7 Å². The number of carbonyl (C=O) groups excluding carboxylic acids is 1. The van der Waals surface area contributed by atoms with Crippen LogP contribution in [-0.2, 0) is 19.6 Å². The summed E-state index contributed by atoms with van der Waals surface area (Å²) in [7, 11) is 0.154. The minimum absolute atomic E-state index is 0.00684. The van der Waals surface area contributed by atoms with Crippen molar-refractivity contribution >= 4 is 15.9 Å². The monoisotopic (exact) mass is 333 g/mol. The van der Waals surface area contributed by atoms with Crippen LogP contribution in [-0.4, -0.2) is 94.2 Å². The summed E-state index contributed by atoms with van der Waals surface area (Å²) < 4.78 is 30.7. The standard InChI is InChI=1S/C14H27N3O4S/c1-15(2)14(18)12-10-16(13-4-8-21-9-5-13)6-7-17(11-12)22(3,19)20/h12-13H,4-11H2,1-3H3/t12-/m1/s1. The summed E-state index contributed by atoms with van der Waals surface area (Å²) in [5.74, 6) is -0.317. The van der Waals surface area contributed by atoms with Gasteiger partial charge in [0.25, 0.3) is 0 Å². The smallest absolute Gasteiger partial charge is 0.227 e. The van der Waals surface area contributed by atoms with E-state index in [-0.39, 0.29) is 18.4 Å². The molecular weight excluding hydrogens is 306 g/mol. The number of amides is 1. The summed E-state index contributed by atoms with van der Waals surface area (Å²) in [5.41, 5.74) is 0. The Hall–Kier alpha value is -0.700. The lowest BCUT2D eigenvalue weighted by atomic mass is 10.0. The molecule has 1 atom stereocenters. The number of hydrogen-bond donors (Lipinski definition) is 0. The van der Waals surface area contributed by atoms with Gasteiger partial charge in [-0.3, -0.25) is 9.69 Å². The molecule has 0 bridgehead atoms. The van der Waals surface area contributed by atoms with E-state index in [2.05, 4.69) is 4.90 Å². The predicted molar refractivity (Wildman–Crippen MR) is 84.0 cm³/mol. The van der Waals surface area contributed by atoms with Crippen LogP contribution in [0.3, 0.4) is 0 Å². The van der Waals surface area contributed by atoms with Gasteiger partial charge in [-0.15, -0.1) is 0 Å². The van der Waals surface area contributed by atoms with Crippen LogP contribution in [0.2, 0.25) is 0 Å². The molecule has 0 aromatic carbocycles. The fraction of sp³-hybridized carbons (Fsp3) is 0.929. The molecule has 8 heteroatoms. The van der Waals surface area contributed by atoms with Crippen LogP contribution in [0, 0.1) is 5.92 Å². The first-order valence-electron chi connectivity index (χ1n) is 7.77. The normalized spacial score (nSPS) is 26.6. The van der Waals surface area contributed by atoms with Gasteiger partial charge >= 0.3 is 0 Å².